The molecule has 0 aromatic rings. The standard InChI is InChI=1S/C6H10O4.C3H8/c7-5(8)3-1-2-4-6(9)10;1-3-2/h1-4H2,(H,7,8)(H,9,10);3H2,1-2H3/p-2. The minimum atomic E-state index is -1.14. The van der Waals surface area contributed by atoms with Crippen LogP contribution < -0.4 is 10.2 Å². The summed E-state index contributed by atoms with van der Waals surface area (Å²) in [5.74, 6) is -2.28. The van der Waals surface area contributed by atoms with Crippen LogP contribution in [0.15, 0.2) is 0 Å². The van der Waals surface area contributed by atoms with Crippen LogP contribution in [0.5, 0.6) is 0 Å². The van der Waals surface area contributed by atoms with Crippen molar-refractivity contribution in [2.75, 3.05) is 0 Å². The number of carbonyl (C=O) groups is 2. The van der Waals surface area contributed by atoms with Crippen LogP contribution in [0.1, 0.15) is 46.0 Å². The van der Waals surface area contributed by atoms with Gasteiger partial charge in [-0.25, -0.2) is 0 Å². The molecule has 78 valence electrons. The Bertz CT molecular complexity index is 127. The summed E-state index contributed by atoms with van der Waals surface area (Å²) < 4.78 is 0. The van der Waals surface area contributed by atoms with Crippen LogP contribution >= 0.6 is 0 Å². The summed E-state index contributed by atoms with van der Waals surface area (Å²) >= 11 is 0. The molecule has 0 aromatic carbocycles. The molecule has 0 fully saturated rings. The molecule has 0 saturated carbocycles. The van der Waals surface area contributed by atoms with E-state index in [-0.39, 0.29) is 12.8 Å². The lowest BCUT2D eigenvalue weighted by atomic mass is 10.2. The Morgan fingerprint density at radius 3 is 1.31 bits per heavy atom. The summed E-state index contributed by atoms with van der Waals surface area (Å²) in [6.45, 7) is 4.25. The topological polar surface area (TPSA) is 80.3 Å². The van der Waals surface area contributed by atoms with E-state index >= 15 is 0 Å². The Kier molecular flexibility index (Phi) is 12.2. The van der Waals surface area contributed by atoms with Gasteiger partial charge in [0.2, 0.25) is 0 Å². The zero-order chi connectivity index (χ0) is 10.7. The minimum Gasteiger partial charge on any atom is -0.550 e. The van der Waals surface area contributed by atoms with Gasteiger partial charge in [-0.1, -0.05) is 20.3 Å². The highest BCUT2D eigenvalue weighted by Crippen LogP contribution is 1.96. The van der Waals surface area contributed by atoms with Crippen LogP contribution in [0.3, 0.4) is 0 Å². The van der Waals surface area contributed by atoms with Gasteiger partial charge in [-0.05, 0) is 25.7 Å². The fraction of sp³-hybridized carbons (Fsp3) is 0.778. The number of aliphatic carboxylic acids is 2. The molecule has 0 saturated heterocycles. The highest BCUT2D eigenvalue weighted by Gasteiger charge is 1.89. The Hall–Kier alpha value is -1.06. The predicted molar refractivity (Wildman–Crippen MR) is 44.4 cm³/mol. The highest BCUT2D eigenvalue weighted by molar-refractivity contribution is 5.65. The van der Waals surface area contributed by atoms with Crippen molar-refractivity contribution in [2.45, 2.75) is 46.0 Å². The van der Waals surface area contributed by atoms with Gasteiger partial charge in [0.1, 0.15) is 0 Å². The second-order valence-corrected chi connectivity index (χ2v) is 2.66. The molecule has 4 nitrogen and oxygen atoms in total. The molecule has 0 N–H and O–H groups in total. The van der Waals surface area contributed by atoms with Gasteiger partial charge in [-0.2, -0.15) is 0 Å². The van der Waals surface area contributed by atoms with Gasteiger partial charge in [-0.15, -0.1) is 0 Å². The maximum Gasteiger partial charge on any atom is 0.0414 e. The van der Waals surface area contributed by atoms with Crippen LogP contribution in [0.25, 0.3) is 0 Å². The van der Waals surface area contributed by atoms with E-state index in [1.807, 2.05) is 0 Å². The van der Waals surface area contributed by atoms with E-state index in [0.29, 0.717) is 12.8 Å². The Labute approximate surface area is 78.6 Å². The zero-order valence-corrected chi connectivity index (χ0v) is 8.17. The van der Waals surface area contributed by atoms with Crippen molar-refractivity contribution >= 4 is 11.9 Å². The van der Waals surface area contributed by atoms with Crippen molar-refractivity contribution in [3.8, 4) is 0 Å². The van der Waals surface area contributed by atoms with Gasteiger partial charge in [0.25, 0.3) is 0 Å². The van der Waals surface area contributed by atoms with E-state index in [1.54, 1.807) is 0 Å². The number of carbonyl (C=O) groups excluding carboxylic acids is 2. The Morgan fingerprint density at radius 1 is 0.923 bits per heavy atom. The molecule has 0 radical (unpaired) electrons. The van der Waals surface area contributed by atoms with Crippen molar-refractivity contribution in [1.29, 1.82) is 0 Å². The normalized spacial score (nSPS) is 8.46. The quantitative estimate of drug-likeness (QED) is 0.543. The van der Waals surface area contributed by atoms with Gasteiger partial charge in [0.05, 0.1) is 0 Å². The minimum absolute atomic E-state index is 0.0761. The van der Waals surface area contributed by atoms with E-state index in [2.05, 4.69) is 13.8 Å². The summed E-state index contributed by atoms with van der Waals surface area (Å²) in [6, 6.07) is 0. The summed E-state index contributed by atoms with van der Waals surface area (Å²) in [5, 5.41) is 19.5. The van der Waals surface area contributed by atoms with Crippen LogP contribution in [-0.2, 0) is 9.59 Å². The Morgan fingerprint density at radius 2 is 1.15 bits per heavy atom. The first kappa shape index (κ1) is 14.5. The summed E-state index contributed by atoms with van der Waals surface area (Å²) in [4.78, 5) is 19.5. The summed E-state index contributed by atoms with van der Waals surface area (Å²) in [6.07, 6.45) is 1.78. The van der Waals surface area contributed by atoms with Crippen molar-refractivity contribution in [1.82, 2.24) is 0 Å². The second kappa shape index (κ2) is 10.9. The largest absolute Gasteiger partial charge is 0.550 e. The highest BCUT2D eigenvalue weighted by atomic mass is 16.4. The monoisotopic (exact) mass is 188 g/mol. The molecule has 0 heterocycles. The van der Waals surface area contributed by atoms with E-state index < -0.39 is 11.9 Å². The van der Waals surface area contributed by atoms with Crippen LogP contribution in [0.4, 0.5) is 0 Å². The molecule has 0 aliphatic rings. The second-order valence-electron chi connectivity index (χ2n) is 2.66. The number of rotatable bonds is 5. The molecular formula is C9H16O4-2. The van der Waals surface area contributed by atoms with Crippen molar-refractivity contribution in [2.24, 2.45) is 0 Å². The average Bonchev–Trinajstić information content (AvgIpc) is 1.99. The molecule has 4 heteroatoms. The third-order valence-corrected chi connectivity index (χ3v) is 1.01. The van der Waals surface area contributed by atoms with E-state index in [4.69, 9.17) is 0 Å². The smallest absolute Gasteiger partial charge is 0.0414 e. The van der Waals surface area contributed by atoms with Crippen molar-refractivity contribution < 1.29 is 19.8 Å². The lowest BCUT2D eigenvalue weighted by molar-refractivity contribution is -0.308. The molecule has 0 aromatic heterocycles. The lowest BCUT2D eigenvalue weighted by Gasteiger charge is -2.01. The summed E-state index contributed by atoms with van der Waals surface area (Å²) in [7, 11) is 0. The van der Waals surface area contributed by atoms with E-state index in [1.165, 1.54) is 6.42 Å². The van der Waals surface area contributed by atoms with Crippen LogP contribution in [0.2, 0.25) is 0 Å². The van der Waals surface area contributed by atoms with Crippen molar-refractivity contribution in [3.63, 3.8) is 0 Å². The van der Waals surface area contributed by atoms with Gasteiger partial charge in [0, 0.05) is 11.9 Å². The summed E-state index contributed by atoms with van der Waals surface area (Å²) in [5.41, 5.74) is 0. The fourth-order valence-corrected chi connectivity index (χ4v) is 0.539. The molecule has 13 heavy (non-hydrogen) atoms. The molecule has 0 atom stereocenters. The predicted octanol–water partition coefficient (Wildman–Crippen LogP) is -0.537. The number of carboxylic acids is 2. The SMILES string of the molecule is CCC.O=C([O-])CCCCC(=O)[O-]. The number of hydrogen-bond acceptors (Lipinski definition) is 4. The van der Waals surface area contributed by atoms with Gasteiger partial charge < -0.3 is 19.8 Å². The van der Waals surface area contributed by atoms with Gasteiger partial charge >= 0.3 is 0 Å². The average molecular weight is 188 g/mol. The zero-order valence-electron chi connectivity index (χ0n) is 8.17. The first-order valence-electron chi connectivity index (χ1n) is 4.44. The van der Waals surface area contributed by atoms with E-state index in [0.717, 1.165) is 0 Å². The van der Waals surface area contributed by atoms with Crippen LogP contribution in [-0.4, -0.2) is 11.9 Å². The molecule has 0 rings (SSSR count). The third-order valence-electron chi connectivity index (χ3n) is 1.01. The van der Waals surface area contributed by atoms with E-state index in [9.17, 15) is 19.8 Å². The molecule has 0 aliphatic carbocycles. The number of unbranched alkanes of at least 4 members (excludes halogenated alkanes) is 1. The number of hydrogen-bond donors (Lipinski definition) is 0. The molecule has 0 aliphatic heterocycles. The molecule has 0 bridgehead atoms. The molecule has 0 spiro atoms. The van der Waals surface area contributed by atoms with Gasteiger partial charge in [0.15, 0.2) is 0 Å². The lowest BCUT2D eigenvalue weighted by Crippen LogP contribution is -2.23. The van der Waals surface area contributed by atoms with Crippen molar-refractivity contribution in [3.05, 3.63) is 0 Å². The first-order chi connectivity index (χ1) is 6.04. The van der Waals surface area contributed by atoms with Gasteiger partial charge in [-0.3, -0.25) is 0 Å². The molecule has 0 amide bonds. The third kappa shape index (κ3) is 24.8. The fourth-order valence-electron chi connectivity index (χ4n) is 0.539. The maximum absolute atomic E-state index is 9.77. The first-order valence-corrected chi connectivity index (χ1v) is 4.44. The maximum atomic E-state index is 9.77. The van der Waals surface area contributed by atoms with Crippen LogP contribution in [0, 0.1) is 0 Å². The molecular weight excluding hydrogens is 172 g/mol. The number of carboxylic acid groups (broad SMARTS) is 2. The Balaban J connectivity index is 0. The molecule has 0 unspecified atom stereocenters.